The van der Waals surface area contributed by atoms with Crippen molar-refractivity contribution in [1.29, 1.82) is 0 Å². The second kappa shape index (κ2) is 3.68. The molecule has 0 aromatic carbocycles. The van der Waals surface area contributed by atoms with E-state index in [9.17, 15) is 0 Å². The Hall–Kier alpha value is -1.20. The smallest absolute Gasteiger partial charge is 0.0454 e. The van der Waals surface area contributed by atoms with Crippen LogP contribution in [0.15, 0.2) is 23.9 Å². The van der Waals surface area contributed by atoms with Gasteiger partial charge in [0.05, 0.1) is 0 Å². The second-order valence-electron chi connectivity index (χ2n) is 3.58. The highest BCUT2D eigenvalue weighted by Gasteiger charge is 2.24. The van der Waals surface area contributed by atoms with Gasteiger partial charge in [-0.3, -0.25) is 4.90 Å². The lowest BCUT2D eigenvalue weighted by Crippen LogP contribution is -2.46. The summed E-state index contributed by atoms with van der Waals surface area (Å²) in [6.07, 6.45) is 11.7. The second-order valence-corrected chi connectivity index (χ2v) is 3.58. The van der Waals surface area contributed by atoms with Crippen LogP contribution in [0.4, 0.5) is 0 Å². The molecule has 0 aromatic heterocycles. The van der Waals surface area contributed by atoms with E-state index in [-0.39, 0.29) is 0 Å². The molecule has 0 unspecified atom stereocenters. The molecule has 0 spiro atoms. The van der Waals surface area contributed by atoms with Crippen LogP contribution in [0.3, 0.4) is 0 Å². The molecule has 0 bridgehead atoms. The maximum atomic E-state index is 5.31. The minimum atomic E-state index is 0.492. The van der Waals surface area contributed by atoms with Gasteiger partial charge in [-0.1, -0.05) is 6.08 Å². The minimum Gasteiger partial charge on any atom is -0.387 e. The number of terminal acetylenes is 1. The highest BCUT2D eigenvalue weighted by molar-refractivity contribution is 5.24. The summed E-state index contributed by atoms with van der Waals surface area (Å²) in [5.41, 5.74) is 1.40. The number of hydrogen-bond acceptors (Lipinski definition) is 2. The van der Waals surface area contributed by atoms with E-state index in [1.807, 2.05) is 6.20 Å². The Kier molecular flexibility index (Phi) is 2.37. The van der Waals surface area contributed by atoms with Gasteiger partial charge in [-0.05, 0) is 17.8 Å². The van der Waals surface area contributed by atoms with E-state index in [1.165, 1.54) is 5.57 Å². The fourth-order valence-corrected chi connectivity index (χ4v) is 1.67. The monoisotopic (exact) mass is 174 g/mol. The molecule has 0 atom stereocenters. The summed E-state index contributed by atoms with van der Waals surface area (Å²) in [5.74, 6) is 3.27. The van der Waals surface area contributed by atoms with Gasteiger partial charge in [-0.25, -0.2) is 0 Å². The third-order valence-corrected chi connectivity index (χ3v) is 2.50. The van der Waals surface area contributed by atoms with E-state index in [0.29, 0.717) is 5.92 Å². The molecule has 13 heavy (non-hydrogen) atoms. The maximum Gasteiger partial charge on any atom is 0.0454 e. The van der Waals surface area contributed by atoms with Crippen LogP contribution < -0.4 is 5.32 Å². The van der Waals surface area contributed by atoms with Crippen LogP contribution in [0.1, 0.15) is 0 Å². The molecule has 0 aliphatic carbocycles. The van der Waals surface area contributed by atoms with Crippen molar-refractivity contribution in [2.24, 2.45) is 5.92 Å². The van der Waals surface area contributed by atoms with Gasteiger partial charge in [0.25, 0.3) is 0 Å². The van der Waals surface area contributed by atoms with Crippen molar-refractivity contribution in [2.75, 3.05) is 26.2 Å². The number of nitrogens with zero attached hydrogens (tertiary/aromatic N) is 1. The van der Waals surface area contributed by atoms with Crippen molar-refractivity contribution in [1.82, 2.24) is 10.2 Å². The van der Waals surface area contributed by atoms with Gasteiger partial charge in [-0.15, -0.1) is 12.3 Å². The Morgan fingerprint density at radius 1 is 1.62 bits per heavy atom. The van der Waals surface area contributed by atoms with Gasteiger partial charge in [0.2, 0.25) is 0 Å². The van der Waals surface area contributed by atoms with E-state index in [4.69, 9.17) is 6.42 Å². The Bertz CT molecular complexity index is 277. The number of rotatable bonds is 2. The molecule has 2 aliphatic heterocycles. The Balaban J connectivity index is 1.78. The van der Waals surface area contributed by atoms with Crippen LogP contribution in [-0.4, -0.2) is 31.1 Å². The maximum absolute atomic E-state index is 5.31. The lowest BCUT2D eigenvalue weighted by Gasteiger charge is -2.36. The van der Waals surface area contributed by atoms with Crippen LogP contribution in [-0.2, 0) is 0 Å². The zero-order valence-corrected chi connectivity index (χ0v) is 7.66. The highest BCUT2D eigenvalue weighted by Crippen LogP contribution is 2.16. The van der Waals surface area contributed by atoms with Crippen molar-refractivity contribution in [3.05, 3.63) is 23.9 Å². The molecule has 1 N–H and O–H groups in total. The topological polar surface area (TPSA) is 15.3 Å². The number of dihydropyridines is 1. The van der Waals surface area contributed by atoms with E-state index in [0.717, 1.165) is 26.2 Å². The first-order valence-corrected chi connectivity index (χ1v) is 4.66. The Labute approximate surface area is 79.3 Å². The zero-order valence-electron chi connectivity index (χ0n) is 7.66. The predicted molar refractivity (Wildman–Crippen MR) is 54.0 cm³/mol. The SMILES string of the molecule is C#CC1CN(CC2=CCNC=C2)C1. The molecular weight excluding hydrogens is 160 g/mol. The minimum absolute atomic E-state index is 0.492. The molecule has 0 saturated carbocycles. The molecule has 2 heterocycles. The van der Waals surface area contributed by atoms with Crippen LogP contribution in [0, 0.1) is 18.3 Å². The molecule has 68 valence electrons. The van der Waals surface area contributed by atoms with Gasteiger partial charge < -0.3 is 5.32 Å². The zero-order chi connectivity index (χ0) is 9.10. The third kappa shape index (κ3) is 1.93. The molecule has 0 radical (unpaired) electrons. The molecular formula is C11H14N2. The summed E-state index contributed by atoms with van der Waals surface area (Å²) in [6.45, 7) is 4.14. The largest absolute Gasteiger partial charge is 0.387 e. The van der Waals surface area contributed by atoms with Gasteiger partial charge in [0.1, 0.15) is 0 Å². The first-order chi connectivity index (χ1) is 6.38. The van der Waals surface area contributed by atoms with Crippen molar-refractivity contribution >= 4 is 0 Å². The van der Waals surface area contributed by atoms with Crippen LogP contribution in [0.5, 0.6) is 0 Å². The summed E-state index contributed by atoms with van der Waals surface area (Å²) >= 11 is 0. The van der Waals surface area contributed by atoms with Gasteiger partial charge in [0.15, 0.2) is 0 Å². The van der Waals surface area contributed by atoms with Gasteiger partial charge in [0, 0.05) is 32.1 Å². The standard InChI is InChI=1S/C11H14N2/c1-2-10-7-13(8-10)9-11-3-5-12-6-4-11/h1,3-5,10,12H,6-9H2. The molecule has 2 aliphatic rings. The van der Waals surface area contributed by atoms with Crippen molar-refractivity contribution in [3.8, 4) is 12.3 Å². The first-order valence-electron chi connectivity index (χ1n) is 4.66. The van der Waals surface area contributed by atoms with E-state index >= 15 is 0 Å². The third-order valence-electron chi connectivity index (χ3n) is 2.50. The van der Waals surface area contributed by atoms with Crippen LogP contribution in [0.2, 0.25) is 0 Å². The summed E-state index contributed by atoms with van der Waals surface area (Å²) in [4.78, 5) is 2.38. The van der Waals surface area contributed by atoms with E-state index in [2.05, 4.69) is 28.3 Å². The summed E-state index contributed by atoms with van der Waals surface area (Å²) in [5, 5.41) is 3.14. The summed E-state index contributed by atoms with van der Waals surface area (Å²) in [7, 11) is 0. The number of hydrogen-bond donors (Lipinski definition) is 1. The average Bonchev–Trinajstić information content (AvgIpc) is 2.12. The summed E-state index contributed by atoms with van der Waals surface area (Å²) < 4.78 is 0. The number of likely N-dealkylation sites (tertiary alicyclic amines) is 1. The predicted octanol–water partition coefficient (Wildman–Crippen LogP) is 0.595. The van der Waals surface area contributed by atoms with Crippen molar-refractivity contribution in [3.63, 3.8) is 0 Å². The van der Waals surface area contributed by atoms with Gasteiger partial charge >= 0.3 is 0 Å². The molecule has 0 aromatic rings. The summed E-state index contributed by atoms with van der Waals surface area (Å²) in [6, 6.07) is 0. The normalized spacial score (nSPS) is 22.8. The number of nitrogens with one attached hydrogen (secondary N) is 1. The first kappa shape index (κ1) is 8.40. The molecule has 2 heteroatoms. The fraction of sp³-hybridized carbons (Fsp3) is 0.455. The van der Waals surface area contributed by atoms with E-state index < -0.39 is 0 Å². The van der Waals surface area contributed by atoms with Crippen LogP contribution in [0.25, 0.3) is 0 Å². The molecule has 1 fully saturated rings. The highest BCUT2D eigenvalue weighted by atomic mass is 15.2. The fourth-order valence-electron chi connectivity index (χ4n) is 1.67. The molecule has 2 nitrogen and oxygen atoms in total. The Morgan fingerprint density at radius 3 is 3.08 bits per heavy atom. The van der Waals surface area contributed by atoms with Gasteiger partial charge in [-0.2, -0.15) is 0 Å². The Morgan fingerprint density at radius 2 is 2.46 bits per heavy atom. The lowest BCUT2D eigenvalue weighted by atomic mass is 10.00. The molecule has 2 rings (SSSR count). The lowest BCUT2D eigenvalue weighted by molar-refractivity contribution is 0.152. The van der Waals surface area contributed by atoms with Crippen molar-refractivity contribution in [2.45, 2.75) is 0 Å². The molecule has 0 amide bonds. The molecule has 1 saturated heterocycles. The quantitative estimate of drug-likeness (QED) is 0.617. The average molecular weight is 174 g/mol. The van der Waals surface area contributed by atoms with Crippen LogP contribution >= 0.6 is 0 Å². The van der Waals surface area contributed by atoms with Crippen molar-refractivity contribution < 1.29 is 0 Å². The van der Waals surface area contributed by atoms with E-state index in [1.54, 1.807) is 0 Å².